The van der Waals surface area contributed by atoms with E-state index in [9.17, 15) is 9.59 Å². The van der Waals surface area contributed by atoms with E-state index in [1.165, 1.54) is 16.2 Å². The van der Waals surface area contributed by atoms with Crippen LogP contribution in [0, 0.1) is 0 Å². The number of aromatic nitrogens is 1. The normalized spacial score (nSPS) is 10.1. The molecule has 0 saturated heterocycles. The number of nitrogens with two attached hydrogens (primary N) is 1. The summed E-state index contributed by atoms with van der Waals surface area (Å²) in [6, 6.07) is 6.82. The molecule has 26 heavy (non-hydrogen) atoms. The first-order chi connectivity index (χ1) is 12.0. The van der Waals surface area contributed by atoms with Gasteiger partial charge in [-0.25, -0.2) is 4.98 Å². The topological polar surface area (TPSA) is 88.3 Å². The van der Waals surface area contributed by atoms with Crippen LogP contribution in [0.2, 0.25) is 5.02 Å². The highest BCUT2D eigenvalue weighted by Crippen LogP contribution is 2.15. The molecule has 6 nitrogen and oxygen atoms in total. The van der Waals surface area contributed by atoms with Gasteiger partial charge in [-0.15, -0.1) is 23.7 Å². The number of thiazole rings is 1. The molecule has 0 bridgehead atoms. The van der Waals surface area contributed by atoms with E-state index in [2.05, 4.69) is 10.3 Å². The maximum absolute atomic E-state index is 12.6. The molecule has 0 saturated carbocycles. The molecule has 0 atom stereocenters. The summed E-state index contributed by atoms with van der Waals surface area (Å²) in [5.74, 6) is -0.505. The van der Waals surface area contributed by atoms with Crippen molar-refractivity contribution < 1.29 is 9.59 Å². The average Bonchev–Trinajstić information content (AvgIpc) is 3.05. The van der Waals surface area contributed by atoms with Gasteiger partial charge in [0.2, 0.25) is 5.91 Å². The molecular formula is C17H22Cl2N4O2S. The van der Waals surface area contributed by atoms with Gasteiger partial charge in [-0.2, -0.15) is 0 Å². The standard InChI is InChI=1S/C17H21ClN4O2S.ClH/c1-2-9-22(17(24)14-11-25-16(21-14)7-8-19)10-15(23)20-13-5-3-12(18)4-6-13;/h3-6,11H,2,7-10,19H2,1H3,(H,20,23);1H. The van der Waals surface area contributed by atoms with Crippen molar-refractivity contribution in [1.29, 1.82) is 0 Å². The number of nitrogens with one attached hydrogen (secondary N) is 1. The van der Waals surface area contributed by atoms with Gasteiger partial charge in [0.1, 0.15) is 12.2 Å². The molecule has 142 valence electrons. The van der Waals surface area contributed by atoms with Gasteiger partial charge in [-0.3, -0.25) is 9.59 Å². The summed E-state index contributed by atoms with van der Waals surface area (Å²) in [7, 11) is 0. The Kier molecular flexibility index (Phi) is 9.58. The second kappa shape index (κ2) is 11.1. The maximum Gasteiger partial charge on any atom is 0.273 e. The van der Waals surface area contributed by atoms with Crippen LogP contribution in [0.15, 0.2) is 29.6 Å². The van der Waals surface area contributed by atoms with Gasteiger partial charge in [0.25, 0.3) is 5.91 Å². The van der Waals surface area contributed by atoms with Crippen molar-refractivity contribution in [1.82, 2.24) is 9.88 Å². The fraction of sp³-hybridized carbons (Fsp3) is 0.353. The maximum atomic E-state index is 12.6. The third-order valence-corrected chi connectivity index (χ3v) is 4.53. The van der Waals surface area contributed by atoms with Crippen LogP contribution in [-0.4, -0.2) is 41.3 Å². The minimum absolute atomic E-state index is 0. The predicted octanol–water partition coefficient (Wildman–Crippen LogP) is 3.21. The summed E-state index contributed by atoms with van der Waals surface area (Å²) in [6.07, 6.45) is 1.39. The number of benzene rings is 1. The Hall–Kier alpha value is -1.67. The zero-order chi connectivity index (χ0) is 18.2. The summed E-state index contributed by atoms with van der Waals surface area (Å²) >= 11 is 7.24. The summed E-state index contributed by atoms with van der Waals surface area (Å²) in [5.41, 5.74) is 6.51. The van der Waals surface area contributed by atoms with Crippen LogP contribution in [-0.2, 0) is 11.2 Å². The Bertz CT molecular complexity index is 722. The molecular weight excluding hydrogens is 395 g/mol. The number of hydrogen-bond acceptors (Lipinski definition) is 5. The number of carbonyl (C=O) groups is 2. The average molecular weight is 417 g/mol. The number of nitrogens with zero attached hydrogens (tertiary/aromatic N) is 2. The number of carbonyl (C=O) groups excluding carboxylic acids is 2. The number of hydrogen-bond donors (Lipinski definition) is 2. The van der Waals surface area contributed by atoms with Crippen molar-refractivity contribution in [2.24, 2.45) is 5.73 Å². The predicted molar refractivity (Wildman–Crippen MR) is 108 cm³/mol. The fourth-order valence-electron chi connectivity index (χ4n) is 2.24. The molecule has 0 fully saturated rings. The summed E-state index contributed by atoms with van der Waals surface area (Å²) < 4.78 is 0. The van der Waals surface area contributed by atoms with Crippen LogP contribution in [0.1, 0.15) is 28.8 Å². The number of halogens is 2. The third-order valence-electron chi connectivity index (χ3n) is 3.37. The molecule has 2 aromatic rings. The molecule has 1 heterocycles. The smallest absolute Gasteiger partial charge is 0.273 e. The first kappa shape index (κ1) is 22.4. The van der Waals surface area contributed by atoms with Gasteiger partial charge >= 0.3 is 0 Å². The highest BCUT2D eigenvalue weighted by molar-refractivity contribution is 7.09. The lowest BCUT2D eigenvalue weighted by Gasteiger charge is -2.20. The van der Waals surface area contributed by atoms with Crippen LogP contribution in [0.25, 0.3) is 0 Å². The van der Waals surface area contributed by atoms with Crippen molar-refractivity contribution in [3.63, 3.8) is 0 Å². The quantitative estimate of drug-likeness (QED) is 0.691. The number of anilines is 1. The Morgan fingerprint density at radius 2 is 2.00 bits per heavy atom. The van der Waals surface area contributed by atoms with E-state index in [-0.39, 0.29) is 30.8 Å². The second-order valence-corrected chi connectivity index (χ2v) is 6.83. The van der Waals surface area contributed by atoms with E-state index in [0.29, 0.717) is 35.9 Å². The lowest BCUT2D eigenvalue weighted by atomic mass is 10.3. The van der Waals surface area contributed by atoms with E-state index >= 15 is 0 Å². The molecule has 3 N–H and O–H groups in total. The highest BCUT2D eigenvalue weighted by Gasteiger charge is 2.20. The Balaban J connectivity index is 0.00000338. The zero-order valence-electron chi connectivity index (χ0n) is 14.4. The van der Waals surface area contributed by atoms with Crippen LogP contribution >= 0.6 is 35.3 Å². The van der Waals surface area contributed by atoms with Gasteiger partial charge in [0, 0.05) is 29.1 Å². The van der Waals surface area contributed by atoms with Crippen LogP contribution < -0.4 is 11.1 Å². The Morgan fingerprint density at radius 3 is 2.62 bits per heavy atom. The van der Waals surface area contributed by atoms with E-state index < -0.39 is 0 Å². The van der Waals surface area contributed by atoms with Crippen LogP contribution in [0.4, 0.5) is 5.69 Å². The van der Waals surface area contributed by atoms with Gasteiger partial charge in [0.15, 0.2) is 0 Å². The van der Waals surface area contributed by atoms with Gasteiger partial charge in [-0.1, -0.05) is 18.5 Å². The second-order valence-electron chi connectivity index (χ2n) is 5.45. The minimum atomic E-state index is -0.262. The van der Waals surface area contributed by atoms with Crippen molar-refractivity contribution in [3.05, 3.63) is 45.4 Å². The largest absolute Gasteiger partial charge is 0.330 e. The van der Waals surface area contributed by atoms with Crippen LogP contribution in [0.3, 0.4) is 0 Å². The van der Waals surface area contributed by atoms with Crippen molar-refractivity contribution in [2.75, 3.05) is 25.0 Å². The van der Waals surface area contributed by atoms with E-state index in [0.717, 1.165) is 11.4 Å². The molecule has 2 amide bonds. The molecule has 0 aliphatic rings. The van der Waals surface area contributed by atoms with E-state index in [1.807, 2.05) is 6.92 Å². The lowest BCUT2D eigenvalue weighted by molar-refractivity contribution is -0.116. The first-order valence-electron chi connectivity index (χ1n) is 8.02. The fourth-order valence-corrected chi connectivity index (χ4v) is 3.15. The first-order valence-corrected chi connectivity index (χ1v) is 9.28. The highest BCUT2D eigenvalue weighted by atomic mass is 35.5. The zero-order valence-corrected chi connectivity index (χ0v) is 16.8. The molecule has 1 aromatic carbocycles. The van der Waals surface area contributed by atoms with Gasteiger partial charge in [0.05, 0.1) is 5.01 Å². The SMILES string of the molecule is CCCN(CC(=O)Nc1ccc(Cl)cc1)C(=O)c1csc(CCN)n1.Cl. The van der Waals surface area contributed by atoms with E-state index in [1.54, 1.807) is 29.6 Å². The molecule has 0 aliphatic heterocycles. The molecule has 0 spiro atoms. The molecule has 0 radical (unpaired) electrons. The molecule has 2 rings (SSSR count). The monoisotopic (exact) mass is 416 g/mol. The molecule has 9 heteroatoms. The summed E-state index contributed by atoms with van der Waals surface area (Å²) in [4.78, 5) is 30.7. The number of amides is 2. The lowest BCUT2D eigenvalue weighted by Crippen LogP contribution is -2.38. The van der Waals surface area contributed by atoms with Crippen molar-refractivity contribution in [3.8, 4) is 0 Å². The van der Waals surface area contributed by atoms with Crippen molar-refractivity contribution >= 4 is 52.8 Å². The van der Waals surface area contributed by atoms with Gasteiger partial charge in [-0.05, 0) is 37.2 Å². The Morgan fingerprint density at radius 1 is 1.31 bits per heavy atom. The van der Waals surface area contributed by atoms with Crippen molar-refractivity contribution in [2.45, 2.75) is 19.8 Å². The van der Waals surface area contributed by atoms with E-state index in [4.69, 9.17) is 17.3 Å². The molecule has 0 unspecified atom stereocenters. The minimum Gasteiger partial charge on any atom is -0.330 e. The van der Waals surface area contributed by atoms with Gasteiger partial charge < -0.3 is 16.0 Å². The summed E-state index contributed by atoms with van der Waals surface area (Å²) in [6.45, 7) is 2.90. The molecule has 1 aromatic heterocycles. The van der Waals surface area contributed by atoms with Crippen LogP contribution in [0.5, 0.6) is 0 Å². The third kappa shape index (κ3) is 6.57. The molecule has 0 aliphatic carbocycles. The number of rotatable bonds is 8. The summed E-state index contributed by atoms with van der Waals surface area (Å²) in [5, 5.41) is 5.90. The Labute approximate surface area is 168 Å².